The van der Waals surface area contributed by atoms with Gasteiger partial charge in [0.25, 0.3) is 0 Å². The zero-order valence-electron chi connectivity index (χ0n) is 14.5. The molecule has 0 atom stereocenters. The first kappa shape index (κ1) is 19.4. The number of urea groups is 1. The molecule has 8 heteroatoms. The van der Waals surface area contributed by atoms with E-state index in [9.17, 15) is 9.59 Å². The van der Waals surface area contributed by atoms with Crippen molar-refractivity contribution in [2.75, 3.05) is 26.1 Å². The lowest BCUT2D eigenvalue weighted by Gasteiger charge is -2.13. The fraction of sp³-hybridized carbons (Fsp3) is 0.222. The fourth-order valence-corrected chi connectivity index (χ4v) is 2.38. The van der Waals surface area contributed by atoms with Crippen LogP contribution in [0, 0.1) is 0 Å². The molecule has 0 bridgehead atoms. The molecule has 138 valence electrons. The average molecular weight is 378 g/mol. The zero-order valence-corrected chi connectivity index (χ0v) is 15.2. The number of rotatable bonds is 7. The second-order valence-corrected chi connectivity index (χ2v) is 5.66. The highest BCUT2D eigenvalue weighted by atomic mass is 35.5. The summed E-state index contributed by atoms with van der Waals surface area (Å²) >= 11 is 6.02. The predicted octanol–water partition coefficient (Wildman–Crippen LogP) is 2.80. The molecule has 3 amide bonds. The van der Waals surface area contributed by atoms with E-state index in [0.717, 1.165) is 5.56 Å². The molecule has 7 nitrogen and oxygen atoms in total. The topological polar surface area (TPSA) is 88.7 Å². The highest BCUT2D eigenvalue weighted by Crippen LogP contribution is 2.35. The molecular weight excluding hydrogens is 358 g/mol. The van der Waals surface area contributed by atoms with E-state index in [2.05, 4.69) is 16.0 Å². The molecule has 0 saturated carbocycles. The monoisotopic (exact) mass is 377 g/mol. The van der Waals surface area contributed by atoms with Crippen molar-refractivity contribution in [3.63, 3.8) is 0 Å². The molecule has 3 N–H and O–H groups in total. The van der Waals surface area contributed by atoms with Gasteiger partial charge in [0.05, 0.1) is 31.5 Å². The third-order valence-electron chi connectivity index (χ3n) is 3.45. The first-order valence-electron chi connectivity index (χ1n) is 7.80. The largest absolute Gasteiger partial charge is 0.495 e. The maximum absolute atomic E-state index is 12.1. The maximum Gasteiger partial charge on any atom is 0.315 e. The van der Waals surface area contributed by atoms with Crippen LogP contribution in [-0.4, -0.2) is 32.7 Å². The third kappa shape index (κ3) is 5.56. The van der Waals surface area contributed by atoms with E-state index in [4.69, 9.17) is 21.1 Å². The molecule has 0 saturated heterocycles. The predicted molar refractivity (Wildman–Crippen MR) is 99.9 cm³/mol. The van der Waals surface area contributed by atoms with Crippen LogP contribution in [0.25, 0.3) is 0 Å². The highest BCUT2D eigenvalue weighted by Gasteiger charge is 2.13. The Hall–Kier alpha value is -2.93. The van der Waals surface area contributed by atoms with Crippen LogP contribution < -0.4 is 25.4 Å². The minimum atomic E-state index is -0.440. The summed E-state index contributed by atoms with van der Waals surface area (Å²) in [5.41, 5.74) is 1.36. The molecule has 0 spiro atoms. The Kier molecular flexibility index (Phi) is 7.11. The van der Waals surface area contributed by atoms with Crippen LogP contribution in [0.1, 0.15) is 5.56 Å². The van der Waals surface area contributed by atoms with Gasteiger partial charge >= 0.3 is 6.03 Å². The molecule has 2 rings (SSSR count). The number of amides is 3. The van der Waals surface area contributed by atoms with Gasteiger partial charge in [-0.3, -0.25) is 4.79 Å². The second kappa shape index (κ2) is 9.53. The number of carbonyl (C=O) groups excluding carboxylic acids is 2. The van der Waals surface area contributed by atoms with Crippen molar-refractivity contribution in [1.29, 1.82) is 0 Å². The Morgan fingerprint density at radius 3 is 2.35 bits per heavy atom. The van der Waals surface area contributed by atoms with Crippen molar-refractivity contribution >= 4 is 29.2 Å². The van der Waals surface area contributed by atoms with Crippen LogP contribution >= 0.6 is 11.6 Å². The van der Waals surface area contributed by atoms with Crippen molar-refractivity contribution in [1.82, 2.24) is 10.6 Å². The van der Waals surface area contributed by atoms with Crippen LogP contribution in [0.3, 0.4) is 0 Å². The molecule has 0 unspecified atom stereocenters. The van der Waals surface area contributed by atoms with Gasteiger partial charge in [-0.2, -0.15) is 0 Å². The van der Waals surface area contributed by atoms with E-state index in [-0.39, 0.29) is 6.54 Å². The Balaban J connectivity index is 1.85. The molecule has 0 radical (unpaired) electrons. The van der Waals surface area contributed by atoms with E-state index in [1.807, 2.05) is 30.3 Å². The van der Waals surface area contributed by atoms with Crippen molar-refractivity contribution in [3.8, 4) is 11.5 Å². The van der Waals surface area contributed by atoms with Crippen LogP contribution in [0.15, 0.2) is 42.5 Å². The van der Waals surface area contributed by atoms with Gasteiger partial charge in [0.1, 0.15) is 11.5 Å². The van der Waals surface area contributed by atoms with E-state index < -0.39 is 11.9 Å². The van der Waals surface area contributed by atoms with Crippen molar-refractivity contribution < 1.29 is 19.1 Å². The fourth-order valence-electron chi connectivity index (χ4n) is 2.15. The summed E-state index contributed by atoms with van der Waals surface area (Å²) in [5.74, 6) is 0.372. The lowest BCUT2D eigenvalue weighted by Crippen LogP contribution is -2.39. The van der Waals surface area contributed by atoms with Gasteiger partial charge in [-0.15, -0.1) is 0 Å². The Morgan fingerprint density at radius 1 is 1.00 bits per heavy atom. The number of ether oxygens (including phenoxy) is 2. The number of hydrogen-bond acceptors (Lipinski definition) is 4. The first-order valence-corrected chi connectivity index (χ1v) is 8.18. The Bertz CT molecular complexity index is 769. The highest BCUT2D eigenvalue weighted by molar-refractivity contribution is 6.32. The van der Waals surface area contributed by atoms with Gasteiger partial charge in [0.15, 0.2) is 0 Å². The number of carbonyl (C=O) groups is 2. The number of halogens is 1. The van der Waals surface area contributed by atoms with E-state index in [1.165, 1.54) is 20.3 Å². The summed E-state index contributed by atoms with van der Waals surface area (Å²) in [6.07, 6.45) is 0. The molecule has 26 heavy (non-hydrogen) atoms. The summed E-state index contributed by atoms with van der Waals surface area (Å²) in [6, 6.07) is 12.1. The molecular formula is C18H20ClN3O4. The van der Waals surface area contributed by atoms with Crippen molar-refractivity contribution in [2.24, 2.45) is 0 Å². The Morgan fingerprint density at radius 2 is 1.69 bits per heavy atom. The second-order valence-electron chi connectivity index (χ2n) is 5.26. The molecule has 0 aliphatic rings. The summed E-state index contributed by atoms with van der Waals surface area (Å²) < 4.78 is 10.3. The molecule has 0 aliphatic heterocycles. The van der Waals surface area contributed by atoms with Crippen molar-refractivity contribution in [2.45, 2.75) is 6.54 Å². The smallest absolute Gasteiger partial charge is 0.315 e. The number of anilines is 1. The lowest BCUT2D eigenvalue weighted by atomic mass is 10.2. The van der Waals surface area contributed by atoms with Gasteiger partial charge in [-0.25, -0.2) is 4.79 Å². The number of hydrogen-bond donors (Lipinski definition) is 3. The van der Waals surface area contributed by atoms with Crippen LogP contribution in [0.5, 0.6) is 11.5 Å². The minimum absolute atomic E-state index is 0.200. The van der Waals surface area contributed by atoms with Crippen LogP contribution in [-0.2, 0) is 11.3 Å². The zero-order chi connectivity index (χ0) is 18.9. The molecule has 0 aromatic heterocycles. The summed E-state index contributed by atoms with van der Waals surface area (Å²) in [6.45, 7) is 0.172. The number of nitrogens with one attached hydrogen (secondary N) is 3. The third-order valence-corrected chi connectivity index (χ3v) is 3.75. The lowest BCUT2D eigenvalue weighted by molar-refractivity contribution is -0.115. The maximum atomic E-state index is 12.1. The van der Waals surface area contributed by atoms with Crippen molar-refractivity contribution in [3.05, 3.63) is 53.1 Å². The van der Waals surface area contributed by atoms with Gasteiger partial charge in [0.2, 0.25) is 5.91 Å². The summed E-state index contributed by atoms with van der Waals surface area (Å²) in [4.78, 5) is 23.8. The SMILES string of the molecule is COc1cc(NC(=O)CNC(=O)NCc2ccccc2)c(OC)cc1Cl. The first-order chi connectivity index (χ1) is 12.5. The normalized spacial score (nSPS) is 9.96. The van der Waals surface area contributed by atoms with E-state index in [0.29, 0.717) is 28.8 Å². The van der Waals surface area contributed by atoms with E-state index in [1.54, 1.807) is 6.07 Å². The van der Waals surface area contributed by atoms with Crippen LogP contribution in [0.4, 0.5) is 10.5 Å². The molecule has 0 heterocycles. The van der Waals surface area contributed by atoms with Crippen LogP contribution in [0.2, 0.25) is 5.02 Å². The Labute approximate surface area is 156 Å². The van der Waals surface area contributed by atoms with Gasteiger partial charge in [0, 0.05) is 18.7 Å². The molecule has 2 aromatic rings. The minimum Gasteiger partial charge on any atom is -0.495 e. The number of methoxy groups -OCH3 is 2. The quantitative estimate of drug-likeness (QED) is 0.692. The van der Waals surface area contributed by atoms with Gasteiger partial charge in [-0.1, -0.05) is 41.9 Å². The van der Waals surface area contributed by atoms with Gasteiger partial charge in [-0.05, 0) is 5.56 Å². The number of benzene rings is 2. The summed E-state index contributed by atoms with van der Waals surface area (Å²) in [7, 11) is 2.93. The standard InChI is InChI=1S/C18H20ClN3O4/c1-25-15-9-14(16(26-2)8-13(15)19)22-17(23)11-21-18(24)20-10-12-6-4-3-5-7-12/h3-9H,10-11H2,1-2H3,(H,22,23)(H2,20,21,24). The summed E-state index contributed by atoms with van der Waals surface area (Å²) in [5, 5.41) is 8.17. The molecule has 0 aliphatic carbocycles. The molecule has 2 aromatic carbocycles. The average Bonchev–Trinajstić information content (AvgIpc) is 2.66. The molecule has 0 fully saturated rings. The van der Waals surface area contributed by atoms with Gasteiger partial charge < -0.3 is 25.4 Å². The van der Waals surface area contributed by atoms with E-state index >= 15 is 0 Å².